The first-order chi connectivity index (χ1) is 9.65. The highest BCUT2D eigenvalue weighted by Crippen LogP contribution is 2.33. The summed E-state index contributed by atoms with van der Waals surface area (Å²) in [7, 11) is -4.00. The largest absolute Gasteiger partial charge is 0.393 e. The molecular formula is C12H17N3O5S. The molecule has 0 aromatic heterocycles. The van der Waals surface area contributed by atoms with Crippen molar-refractivity contribution in [1.29, 1.82) is 0 Å². The van der Waals surface area contributed by atoms with Gasteiger partial charge in [0.15, 0.2) is 4.90 Å². The fraction of sp³-hybridized carbons (Fsp3) is 0.500. The fourth-order valence-corrected chi connectivity index (χ4v) is 4.02. The molecule has 0 bridgehead atoms. The Kier molecular flexibility index (Phi) is 3.91. The molecule has 0 radical (unpaired) electrons. The molecule has 2 N–H and O–H groups in total. The lowest BCUT2D eigenvalue weighted by Crippen LogP contribution is -2.50. The number of rotatable bonds is 3. The van der Waals surface area contributed by atoms with Crippen LogP contribution >= 0.6 is 0 Å². The molecule has 1 aliphatic rings. The molecule has 1 aromatic rings. The van der Waals surface area contributed by atoms with Gasteiger partial charge in [-0.25, -0.2) is 8.42 Å². The minimum atomic E-state index is -4.00. The number of morpholine rings is 1. The predicted octanol–water partition coefficient (Wildman–Crippen LogP) is 0.977. The summed E-state index contributed by atoms with van der Waals surface area (Å²) in [5.41, 5.74) is 4.16. The zero-order valence-corrected chi connectivity index (χ0v) is 12.6. The molecule has 9 heteroatoms. The van der Waals surface area contributed by atoms with E-state index in [0.717, 1.165) is 0 Å². The van der Waals surface area contributed by atoms with Gasteiger partial charge < -0.3 is 10.5 Å². The standard InChI is InChI=1S/C12H17N3O5S/c1-12(2)8-14(6-7-20-12)21(18,19)10-5-3-4-9(13)11(10)15(16)17/h3-5H,6-8,13H2,1-2H3. The molecule has 0 atom stereocenters. The van der Waals surface area contributed by atoms with Crippen LogP contribution in [0.2, 0.25) is 0 Å². The molecule has 8 nitrogen and oxygen atoms in total. The van der Waals surface area contributed by atoms with Gasteiger partial charge in [-0.05, 0) is 26.0 Å². The molecule has 1 saturated heterocycles. The number of para-hydroxylation sites is 1. The summed E-state index contributed by atoms with van der Waals surface area (Å²) in [6.45, 7) is 4.05. The Hall–Kier alpha value is -1.71. The number of hydrogen-bond acceptors (Lipinski definition) is 6. The number of hydrogen-bond donors (Lipinski definition) is 1. The second kappa shape index (κ2) is 5.24. The van der Waals surface area contributed by atoms with Crippen LogP contribution in [-0.2, 0) is 14.8 Å². The number of ether oxygens (including phenoxy) is 1. The quantitative estimate of drug-likeness (QED) is 0.505. The van der Waals surface area contributed by atoms with Crippen LogP contribution in [0.25, 0.3) is 0 Å². The Labute approximate surface area is 122 Å². The van der Waals surface area contributed by atoms with Crippen molar-refractivity contribution in [3.8, 4) is 0 Å². The summed E-state index contributed by atoms with van der Waals surface area (Å²) < 4.78 is 32.0. The van der Waals surface area contributed by atoms with E-state index >= 15 is 0 Å². The molecule has 0 unspecified atom stereocenters. The third-order valence-electron chi connectivity index (χ3n) is 3.22. The summed E-state index contributed by atoms with van der Waals surface area (Å²) >= 11 is 0. The number of nitrogens with two attached hydrogens (primary N) is 1. The summed E-state index contributed by atoms with van der Waals surface area (Å²) in [4.78, 5) is 9.96. The highest BCUT2D eigenvalue weighted by atomic mass is 32.2. The van der Waals surface area contributed by atoms with Crippen LogP contribution in [0.15, 0.2) is 23.1 Å². The molecule has 2 rings (SSSR count). The normalized spacial score (nSPS) is 19.3. The van der Waals surface area contributed by atoms with Crippen LogP contribution < -0.4 is 5.73 Å². The Balaban J connectivity index is 2.50. The zero-order chi connectivity index (χ0) is 15.8. The average Bonchev–Trinajstić information content (AvgIpc) is 2.36. The molecule has 1 aliphatic heterocycles. The topological polar surface area (TPSA) is 116 Å². The van der Waals surface area contributed by atoms with Crippen LogP contribution in [-0.4, -0.2) is 42.9 Å². The maximum atomic E-state index is 12.7. The first kappa shape index (κ1) is 15.7. The molecule has 0 amide bonds. The number of nitrogens with zero attached hydrogens (tertiary/aromatic N) is 2. The minimum Gasteiger partial charge on any atom is -0.393 e. The summed E-state index contributed by atoms with van der Waals surface area (Å²) in [6.07, 6.45) is 0. The molecule has 0 saturated carbocycles. The molecule has 1 aromatic carbocycles. The lowest BCUT2D eigenvalue weighted by molar-refractivity contribution is -0.386. The van der Waals surface area contributed by atoms with Crippen molar-refractivity contribution in [2.75, 3.05) is 25.4 Å². The maximum Gasteiger partial charge on any atom is 0.312 e. The van der Waals surface area contributed by atoms with E-state index in [2.05, 4.69) is 0 Å². The van der Waals surface area contributed by atoms with E-state index in [1.165, 1.54) is 22.5 Å². The average molecular weight is 315 g/mol. The van der Waals surface area contributed by atoms with E-state index in [-0.39, 0.29) is 30.3 Å². The second-order valence-electron chi connectivity index (χ2n) is 5.40. The van der Waals surface area contributed by atoms with E-state index in [1.54, 1.807) is 13.8 Å². The Morgan fingerprint density at radius 2 is 2.10 bits per heavy atom. The van der Waals surface area contributed by atoms with Crippen molar-refractivity contribution in [3.63, 3.8) is 0 Å². The number of nitrogen functional groups attached to an aromatic ring is 1. The summed E-state index contributed by atoms with van der Waals surface area (Å²) in [5, 5.41) is 11.1. The molecule has 1 fully saturated rings. The smallest absolute Gasteiger partial charge is 0.312 e. The Morgan fingerprint density at radius 3 is 2.67 bits per heavy atom. The maximum absolute atomic E-state index is 12.7. The third-order valence-corrected chi connectivity index (χ3v) is 5.10. The summed E-state index contributed by atoms with van der Waals surface area (Å²) in [6, 6.07) is 3.90. The predicted molar refractivity (Wildman–Crippen MR) is 76.3 cm³/mol. The van der Waals surface area contributed by atoms with Crippen LogP contribution in [0, 0.1) is 10.1 Å². The number of benzene rings is 1. The van der Waals surface area contributed by atoms with Crippen LogP contribution in [0.1, 0.15) is 13.8 Å². The van der Waals surface area contributed by atoms with Crippen LogP contribution in [0.5, 0.6) is 0 Å². The molecule has 116 valence electrons. The Morgan fingerprint density at radius 1 is 1.43 bits per heavy atom. The molecule has 21 heavy (non-hydrogen) atoms. The lowest BCUT2D eigenvalue weighted by atomic mass is 10.1. The van der Waals surface area contributed by atoms with E-state index in [4.69, 9.17) is 10.5 Å². The molecular weight excluding hydrogens is 298 g/mol. The van der Waals surface area contributed by atoms with E-state index in [1.807, 2.05) is 0 Å². The van der Waals surface area contributed by atoms with E-state index in [0.29, 0.717) is 0 Å². The van der Waals surface area contributed by atoms with Crippen molar-refractivity contribution in [3.05, 3.63) is 28.3 Å². The Bertz CT molecular complexity index is 671. The SMILES string of the molecule is CC1(C)CN(S(=O)(=O)c2cccc(N)c2[N+](=O)[O-])CCO1. The second-order valence-corrected chi connectivity index (χ2v) is 7.30. The highest BCUT2D eigenvalue weighted by molar-refractivity contribution is 7.89. The van der Waals surface area contributed by atoms with Gasteiger partial charge in [0.1, 0.15) is 5.69 Å². The highest BCUT2D eigenvalue weighted by Gasteiger charge is 2.38. The van der Waals surface area contributed by atoms with Crippen molar-refractivity contribution in [1.82, 2.24) is 4.31 Å². The molecule has 1 heterocycles. The first-order valence-corrected chi connectivity index (χ1v) is 7.76. The van der Waals surface area contributed by atoms with E-state index in [9.17, 15) is 18.5 Å². The lowest BCUT2D eigenvalue weighted by Gasteiger charge is -2.37. The third kappa shape index (κ3) is 2.99. The van der Waals surface area contributed by atoms with Gasteiger partial charge in [0.25, 0.3) is 0 Å². The van der Waals surface area contributed by atoms with Gasteiger partial charge in [-0.3, -0.25) is 10.1 Å². The minimum absolute atomic E-state index is 0.126. The molecule has 0 aliphatic carbocycles. The van der Waals surface area contributed by atoms with Crippen LogP contribution in [0.3, 0.4) is 0 Å². The van der Waals surface area contributed by atoms with Crippen molar-refractivity contribution < 1.29 is 18.1 Å². The number of sulfonamides is 1. The fourth-order valence-electron chi connectivity index (χ4n) is 2.26. The number of nitro groups is 1. The molecule has 0 spiro atoms. The van der Waals surface area contributed by atoms with Gasteiger partial charge in [-0.1, -0.05) is 6.07 Å². The monoisotopic (exact) mass is 315 g/mol. The van der Waals surface area contributed by atoms with Crippen molar-refractivity contribution in [2.45, 2.75) is 24.3 Å². The van der Waals surface area contributed by atoms with Gasteiger partial charge in [0.2, 0.25) is 10.0 Å². The van der Waals surface area contributed by atoms with Crippen molar-refractivity contribution in [2.24, 2.45) is 0 Å². The summed E-state index contributed by atoms with van der Waals surface area (Å²) in [5.74, 6) is 0. The zero-order valence-electron chi connectivity index (χ0n) is 11.8. The number of nitro benzene ring substituents is 1. The first-order valence-electron chi connectivity index (χ1n) is 6.32. The van der Waals surface area contributed by atoms with Crippen LogP contribution in [0.4, 0.5) is 11.4 Å². The van der Waals surface area contributed by atoms with Gasteiger partial charge in [0.05, 0.1) is 17.1 Å². The van der Waals surface area contributed by atoms with Crippen molar-refractivity contribution >= 4 is 21.4 Å². The van der Waals surface area contributed by atoms with Gasteiger partial charge in [-0.2, -0.15) is 4.31 Å². The number of anilines is 1. The van der Waals surface area contributed by atoms with Gasteiger partial charge in [0, 0.05) is 13.1 Å². The van der Waals surface area contributed by atoms with Gasteiger partial charge >= 0.3 is 5.69 Å². The van der Waals surface area contributed by atoms with E-state index < -0.39 is 26.2 Å². The van der Waals surface area contributed by atoms with Gasteiger partial charge in [-0.15, -0.1) is 0 Å².